The fourth-order valence-corrected chi connectivity index (χ4v) is 2.62. The first kappa shape index (κ1) is 16.0. The molecule has 0 spiro atoms. The molecule has 1 unspecified atom stereocenters. The van der Waals surface area contributed by atoms with E-state index in [0.29, 0.717) is 0 Å². The predicted molar refractivity (Wildman–Crippen MR) is 77.8 cm³/mol. The fraction of sp³-hybridized carbons (Fsp3) is 0.438. The smallest absolute Gasteiger partial charge is 0.325 e. The number of carboxylic acid groups (broad SMARTS) is 1. The Labute approximate surface area is 128 Å². The van der Waals surface area contributed by atoms with Crippen LogP contribution in [0, 0.1) is 5.41 Å². The standard InChI is InChI=1S/C16H19NO5/c1-2-22-15(21)16(14(19)20)9-8-13(18)17(11-16)10-12-6-4-3-5-7-12/h3-7H,2,8-11H2,1H3,(H,19,20). The van der Waals surface area contributed by atoms with Gasteiger partial charge < -0.3 is 14.7 Å². The van der Waals surface area contributed by atoms with Crippen molar-refractivity contribution in [3.8, 4) is 0 Å². The van der Waals surface area contributed by atoms with Crippen molar-refractivity contribution >= 4 is 17.8 Å². The number of rotatable bonds is 5. The van der Waals surface area contributed by atoms with Crippen molar-refractivity contribution in [3.05, 3.63) is 35.9 Å². The second kappa shape index (κ2) is 6.60. The highest BCUT2D eigenvalue weighted by molar-refractivity contribution is 6.01. The van der Waals surface area contributed by atoms with Crippen LogP contribution < -0.4 is 0 Å². The molecule has 1 aliphatic rings. The summed E-state index contributed by atoms with van der Waals surface area (Å²) >= 11 is 0. The Morgan fingerprint density at radius 2 is 2.00 bits per heavy atom. The molecule has 1 N–H and O–H groups in total. The third kappa shape index (κ3) is 3.10. The first-order chi connectivity index (χ1) is 10.5. The van der Waals surface area contributed by atoms with Gasteiger partial charge in [-0.25, -0.2) is 0 Å². The molecule has 118 valence electrons. The molecule has 0 saturated carbocycles. The zero-order chi connectivity index (χ0) is 16.2. The van der Waals surface area contributed by atoms with E-state index in [4.69, 9.17) is 4.74 Å². The second-order valence-electron chi connectivity index (χ2n) is 5.34. The van der Waals surface area contributed by atoms with Gasteiger partial charge in [-0.05, 0) is 18.9 Å². The minimum absolute atomic E-state index is 0.0225. The molecule has 0 aliphatic carbocycles. The summed E-state index contributed by atoms with van der Waals surface area (Å²) in [5.74, 6) is -2.16. The van der Waals surface area contributed by atoms with Crippen LogP contribution in [-0.2, 0) is 25.7 Å². The number of hydrogen-bond donors (Lipinski definition) is 1. The van der Waals surface area contributed by atoms with Crippen molar-refractivity contribution in [2.45, 2.75) is 26.3 Å². The number of piperidine rings is 1. The van der Waals surface area contributed by atoms with Gasteiger partial charge in [-0.1, -0.05) is 30.3 Å². The Morgan fingerprint density at radius 1 is 1.32 bits per heavy atom. The molecular formula is C16H19NO5. The van der Waals surface area contributed by atoms with E-state index in [1.54, 1.807) is 6.92 Å². The maximum atomic E-state index is 12.1. The van der Waals surface area contributed by atoms with Crippen LogP contribution in [0.3, 0.4) is 0 Å². The number of amides is 1. The van der Waals surface area contributed by atoms with Gasteiger partial charge in [0.05, 0.1) is 6.61 Å². The zero-order valence-corrected chi connectivity index (χ0v) is 12.4. The van der Waals surface area contributed by atoms with Crippen molar-refractivity contribution in [2.24, 2.45) is 5.41 Å². The molecule has 6 heteroatoms. The number of benzene rings is 1. The van der Waals surface area contributed by atoms with Crippen LogP contribution in [0.1, 0.15) is 25.3 Å². The van der Waals surface area contributed by atoms with Gasteiger partial charge >= 0.3 is 11.9 Å². The first-order valence-corrected chi connectivity index (χ1v) is 7.22. The van der Waals surface area contributed by atoms with Gasteiger partial charge in [-0.2, -0.15) is 0 Å². The van der Waals surface area contributed by atoms with Crippen molar-refractivity contribution in [2.75, 3.05) is 13.2 Å². The van der Waals surface area contributed by atoms with Crippen LogP contribution in [0.4, 0.5) is 0 Å². The predicted octanol–water partition coefficient (Wildman–Crippen LogP) is 1.44. The number of carbonyl (C=O) groups is 3. The SMILES string of the molecule is CCOC(=O)C1(C(=O)O)CCC(=O)N(Cc2ccccc2)C1. The Hall–Kier alpha value is -2.37. The third-order valence-corrected chi connectivity index (χ3v) is 3.87. The molecule has 0 aromatic heterocycles. The summed E-state index contributed by atoms with van der Waals surface area (Å²) in [6.45, 7) is 1.87. The lowest BCUT2D eigenvalue weighted by Crippen LogP contribution is -2.54. The quantitative estimate of drug-likeness (QED) is 0.657. The molecule has 1 aromatic rings. The summed E-state index contributed by atoms with van der Waals surface area (Å²) in [4.78, 5) is 37.3. The van der Waals surface area contributed by atoms with E-state index < -0.39 is 17.4 Å². The minimum atomic E-state index is -1.67. The molecule has 1 atom stereocenters. The lowest BCUT2D eigenvalue weighted by atomic mass is 9.79. The highest BCUT2D eigenvalue weighted by Crippen LogP contribution is 2.33. The van der Waals surface area contributed by atoms with Crippen LogP contribution in [0.15, 0.2) is 30.3 Å². The maximum Gasteiger partial charge on any atom is 0.325 e. The van der Waals surface area contributed by atoms with Crippen molar-refractivity contribution in [1.82, 2.24) is 4.90 Å². The number of ether oxygens (including phenoxy) is 1. The number of esters is 1. The third-order valence-electron chi connectivity index (χ3n) is 3.87. The van der Waals surface area contributed by atoms with Crippen LogP contribution in [0.2, 0.25) is 0 Å². The monoisotopic (exact) mass is 305 g/mol. The van der Waals surface area contributed by atoms with Gasteiger partial charge in [0.25, 0.3) is 0 Å². The van der Waals surface area contributed by atoms with Crippen molar-refractivity contribution < 1.29 is 24.2 Å². The molecule has 1 aromatic carbocycles. The minimum Gasteiger partial charge on any atom is -0.480 e. The van der Waals surface area contributed by atoms with Crippen LogP contribution in [0.25, 0.3) is 0 Å². The van der Waals surface area contributed by atoms with Gasteiger partial charge in [0.15, 0.2) is 5.41 Å². The van der Waals surface area contributed by atoms with Crippen LogP contribution in [-0.4, -0.2) is 41.0 Å². The number of nitrogens with zero attached hydrogens (tertiary/aromatic N) is 1. The Balaban J connectivity index is 2.22. The van der Waals surface area contributed by atoms with E-state index in [1.165, 1.54) is 4.90 Å². The van der Waals surface area contributed by atoms with Gasteiger partial charge in [0.2, 0.25) is 5.91 Å². The van der Waals surface area contributed by atoms with Gasteiger partial charge in [-0.15, -0.1) is 0 Å². The maximum absolute atomic E-state index is 12.1. The number of hydrogen-bond acceptors (Lipinski definition) is 4. The number of carbonyl (C=O) groups excluding carboxylic acids is 2. The highest BCUT2D eigenvalue weighted by Gasteiger charge is 2.52. The van der Waals surface area contributed by atoms with E-state index >= 15 is 0 Å². The topological polar surface area (TPSA) is 83.9 Å². The van der Waals surface area contributed by atoms with Crippen molar-refractivity contribution in [1.29, 1.82) is 0 Å². The largest absolute Gasteiger partial charge is 0.480 e. The van der Waals surface area contributed by atoms with Crippen molar-refractivity contribution in [3.63, 3.8) is 0 Å². The lowest BCUT2D eigenvalue weighted by molar-refractivity contribution is -0.174. The molecular weight excluding hydrogens is 286 g/mol. The van der Waals surface area contributed by atoms with Crippen LogP contribution >= 0.6 is 0 Å². The van der Waals surface area contributed by atoms with Gasteiger partial charge in [0, 0.05) is 19.5 Å². The van der Waals surface area contributed by atoms with E-state index in [1.807, 2.05) is 30.3 Å². The summed E-state index contributed by atoms with van der Waals surface area (Å²) in [5.41, 5.74) is -0.778. The summed E-state index contributed by atoms with van der Waals surface area (Å²) in [7, 11) is 0. The zero-order valence-electron chi connectivity index (χ0n) is 12.4. The Morgan fingerprint density at radius 3 is 2.59 bits per heavy atom. The summed E-state index contributed by atoms with van der Waals surface area (Å²) in [6.07, 6.45) is 0.00321. The Kier molecular flexibility index (Phi) is 4.80. The average molecular weight is 305 g/mol. The second-order valence-corrected chi connectivity index (χ2v) is 5.34. The molecule has 1 amide bonds. The molecule has 0 radical (unpaired) electrons. The highest BCUT2D eigenvalue weighted by atomic mass is 16.5. The van der Waals surface area contributed by atoms with E-state index in [-0.39, 0.29) is 38.4 Å². The molecule has 0 bridgehead atoms. The molecule has 2 rings (SSSR count). The molecule has 6 nitrogen and oxygen atoms in total. The van der Waals surface area contributed by atoms with Gasteiger partial charge in [-0.3, -0.25) is 14.4 Å². The van der Waals surface area contributed by atoms with E-state index in [9.17, 15) is 19.5 Å². The summed E-state index contributed by atoms with van der Waals surface area (Å²) < 4.78 is 4.92. The first-order valence-electron chi connectivity index (χ1n) is 7.22. The van der Waals surface area contributed by atoms with Gasteiger partial charge in [0.1, 0.15) is 0 Å². The molecule has 1 fully saturated rings. The molecule has 1 aliphatic heterocycles. The lowest BCUT2D eigenvalue weighted by Gasteiger charge is -2.37. The molecule has 1 heterocycles. The van der Waals surface area contributed by atoms with E-state index in [0.717, 1.165) is 5.56 Å². The number of carboxylic acids is 1. The normalized spacial score (nSPS) is 21.5. The number of likely N-dealkylation sites (tertiary alicyclic amines) is 1. The molecule has 22 heavy (non-hydrogen) atoms. The van der Waals surface area contributed by atoms with Crippen LogP contribution in [0.5, 0.6) is 0 Å². The number of aliphatic carboxylic acids is 1. The summed E-state index contributed by atoms with van der Waals surface area (Å²) in [5, 5.41) is 9.52. The molecule has 1 saturated heterocycles. The Bertz CT molecular complexity index is 571. The summed E-state index contributed by atoms with van der Waals surface area (Å²) in [6, 6.07) is 9.27. The average Bonchev–Trinajstić information content (AvgIpc) is 2.50. The fourth-order valence-electron chi connectivity index (χ4n) is 2.62. The van der Waals surface area contributed by atoms with E-state index in [2.05, 4.69) is 0 Å².